The van der Waals surface area contributed by atoms with Crippen molar-refractivity contribution in [2.24, 2.45) is 11.7 Å². The Morgan fingerprint density at radius 3 is 2.26 bits per heavy atom. The number of hydrogen-bond acceptors (Lipinski definition) is 2. The number of unbranched alkanes of at least 4 members (excludes halogenated alkanes) is 7. The van der Waals surface area contributed by atoms with Gasteiger partial charge in [-0.05, 0) is 25.2 Å². The van der Waals surface area contributed by atoms with Gasteiger partial charge in [-0.2, -0.15) is 0 Å². The molecule has 1 atom stereocenters. The molecule has 19 heavy (non-hydrogen) atoms. The smallest absolute Gasteiger partial charge is 0.221 e. The molecule has 0 aromatic rings. The Balaban J connectivity index is 1.80. The van der Waals surface area contributed by atoms with Crippen LogP contribution in [0.1, 0.15) is 77.6 Å². The first kappa shape index (κ1) is 16.5. The molecule has 1 saturated carbocycles. The average molecular weight is 268 g/mol. The summed E-state index contributed by atoms with van der Waals surface area (Å²) in [6.07, 6.45) is 13.4. The van der Waals surface area contributed by atoms with E-state index >= 15 is 0 Å². The van der Waals surface area contributed by atoms with Crippen molar-refractivity contribution in [2.45, 2.75) is 83.6 Å². The Labute approximate surface area is 118 Å². The molecule has 1 amide bonds. The Morgan fingerprint density at radius 1 is 1.11 bits per heavy atom. The van der Waals surface area contributed by atoms with Crippen LogP contribution in [0.4, 0.5) is 0 Å². The van der Waals surface area contributed by atoms with Crippen LogP contribution in [-0.4, -0.2) is 18.5 Å². The zero-order chi connectivity index (χ0) is 13.9. The number of nitrogens with two attached hydrogens (primary N) is 1. The molecule has 1 fully saturated rings. The SMILES string of the molecule is CCCCCCCCCCNC(=O)CC(N)C1CC1. The standard InChI is InChI=1S/C16H32N2O/c1-2-3-4-5-6-7-8-9-12-18-16(19)13-15(17)14-10-11-14/h14-15H,2-13,17H2,1H3,(H,18,19). The molecule has 1 aliphatic carbocycles. The molecule has 0 aliphatic heterocycles. The molecule has 3 nitrogen and oxygen atoms in total. The number of amides is 1. The van der Waals surface area contributed by atoms with Gasteiger partial charge in [0, 0.05) is 19.0 Å². The molecule has 0 heterocycles. The summed E-state index contributed by atoms with van der Waals surface area (Å²) < 4.78 is 0. The molecule has 1 aliphatic rings. The molecule has 0 spiro atoms. The molecule has 1 unspecified atom stereocenters. The Bertz CT molecular complexity index is 239. The highest BCUT2D eigenvalue weighted by atomic mass is 16.1. The summed E-state index contributed by atoms with van der Waals surface area (Å²) in [6, 6.07) is 0.0959. The fourth-order valence-corrected chi connectivity index (χ4v) is 2.46. The summed E-state index contributed by atoms with van der Waals surface area (Å²) in [7, 11) is 0. The Hall–Kier alpha value is -0.570. The molecule has 3 N–H and O–H groups in total. The van der Waals surface area contributed by atoms with Crippen LogP contribution >= 0.6 is 0 Å². The van der Waals surface area contributed by atoms with E-state index in [0.29, 0.717) is 12.3 Å². The number of hydrogen-bond donors (Lipinski definition) is 2. The third kappa shape index (κ3) is 9.04. The number of carbonyl (C=O) groups is 1. The highest BCUT2D eigenvalue weighted by molar-refractivity contribution is 5.76. The van der Waals surface area contributed by atoms with Crippen LogP contribution in [0.25, 0.3) is 0 Å². The molecule has 0 saturated heterocycles. The minimum atomic E-state index is 0.0959. The van der Waals surface area contributed by atoms with Crippen molar-refractivity contribution >= 4 is 5.91 Å². The summed E-state index contributed by atoms with van der Waals surface area (Å²) in [4.78, 5) is 11.6. The van der Waals surface area contributed by atoms with Gasteiger partial charge in [-0.1, -0.05) is 51.9 Å². The van der Waals surface area contributed by atoms with Crippen molar-refractivity contribution < 1.29 is 4.79 Å². The van der Waals surface area contributed by atoms with Crippen molar-refractivity contribution in [3.05, 3.63) is 0 Å². The fraction of sp³-hybridized carbons (Fsp3) is 0.938. The van der Waals surface area contributed by atoms with Crippen LogP contribution in [0, 0.1) is 5.92 Å². The van der Waals surface area contributed by atoms with Crippen LogP contribution in [0.2, 0.25) is 0 Å². The van der Waals surface area contributed by atoms with Crippen LogP contribution in [0.15, 0.2) is 0 Å². The summed E-state index contributed by atoms with van der Waals surface area (Å²) >= 11 is 0. The van der Waals surface area contributed by atoms with E-state index in [2.05, 4.69) is 12.2 Å². The topological polar surface area (TPSA) is 55.1 Å². The summed E-state index contributed by atoms with van der Waals surface area (Å²) in [6.45, 7) is 3.07. The maximum absolute atomic E-state index is 11.6. The van der Waals surface area contributed by atoms with Crippen LogP contribution < -0.4 is 11.1 Å². The third-order valence-electron chi connectivity index (χ3n) is 4.00. The highest BCUT2D eigenvalue weighted by Crippen LogP contribution is 2.32. The van der Waals surface area contributed by atoms with Gasteiger partial charge in [-0.15, -0.1) is 0 Å². The third-order valence-corrected chi connectivity index (χ3v) is 4.00. The van der Waals surface area contributed by atoms with E-state index in [9.17, 15) is 4.79 Å². The highest BCUT2D eigenvalue weighted by Gasteiger charge is 2.29. The van der Waals surface area contributed by atoms with E-state index in [4.69, 9.17) is 5.73 Å². The quantitative estimate of drug-likeness (QED) is 0.533. The maximum Gasteiger partial charge on any atom is 0.221 e. The van der Waals surface area contributed by atoms with E-state index in [1.165, 1.54) is 57.8 Å². The van der Waals surface area contributed by atoms with Crippen molar-refractivity contribution in [1.29, 1.82) is 0 Å². The second-order valence-corrected chi connectivity index (χ2v) is 6.03. The van der Waals surface area contributed by atoms with Crippen molar-refractivity contribution in [3.63, 3.8) is 0 Å². The van der Waals surface area contributed by atoms with E-state index in [1.807, 2.05) is 0 Å². The van der Waals surface area contributed by atoms with Crippen molar-refractivity contribution in [1.82, 2.24) is 5.32 Å². The zero-order valence-corrected chi connectivity index (χ0v) is 12.6. The van der Waals surface area contributed by atoms with Gasteiger partial charge < -0.3 is 11.1 Å². The molecule has 112 valence electrons. The molecular weight excluding hydrogens is 236 g/mol. The van der Waals surface area contributed by atoms with Gasteiger partial charge in [0.25, 0.3) is 0 Å². The molecule has 1 rings (SSSR count). The summed E-state index contributed by atoms with van der Waals surface area (Å²) in [5.74, 6) is 0.760. The summed E-state index contributed by atoms with van der Waals surface area (Å²) in [5.41, 5.74) is 5.93. The van der Waals surface area contributed by atoms with Crippen molar-refractivity contribution in [2.75, 3.05) is 6.54 Å². The number of carbonyl (C=O) groups excluding carboxylic acids is 1. The van der Waals surface area contributed by atoms with E-state index in [-0.39, 0.29) is 11.9 Å². The number of rotatable bonds is 12. The first-order valence-electron chi connectivity index (χ1n) is 8.26. The van der Waals surface area contributed by atoms with Gasteiger partial charge in [0.15, 0.2) is 0 Å². The lowest BCUT2D eigenvalue weighted by molar-refractivity contribution is -0.121. The Kier molecular flexibility index (Phi) is 8.89. The van der Waals surface area contributed by atoms with E-state index in [0.717, 1.165) is 13.0 Å². The lowest BCUT2D eigenvalue weighted by Crippen LogP contribution is -2.33. The van der Waals surface area contributed by atoms with Crippen molar-refractivity contribution in [3.8, 4) is 0 Å². The van der Waals surface area contributed by atoms with Gasteiger partial charge in [-0.25, -0.2) is 0 Å². The molecular formula is C16H32N2O. The predicted octanol–water partition coefficient (Wildman–Crippen LogP) is 3.37. The normalized spacial score (nSPS) is 16.3. The van der Waals surface area contributed by atoms with Crippen LogP contribution in [0.3, 0.4) is 0 Å². The number of nitrogens with one attached hydrogen (secondary N) is 1. The lowest BCUT2D eigenvalue weighted by Gasteiger charge is -2.10. The van der Waals surface area contributed by atoms with Gasteiger partial charge >= 0.3 is 0 Å². The second-order valence-electron chi connectivity index (χ2n) is 6.03. The van der Waals surface area contributed by atoms with Crippen LogP contribution in [0.5, 0.6) is 0 Å². The fourth-order valence-electron chi connectivity index (χ4n) is 2.46. The monoisotopic (exact) mass is 268 g/mol. The minimum Gasteiger partial charge on any atom is -0.356 e. The molecule has 0 aromatic heterocycles. The molecule has 0 radical (unpaired) electrons. The van der Waals surface area contributed by atoms with Gasteiger partial charge in [0.2, 0.25) is 5.91 Å². The lowest BCUT2D eigenvalue weighted by atomic mass is 10.1. The summed E-state index contributed by atoms with van der Waals surface area (Å²) in [5, 5.41) is 2.99. The second kappa shape index (κ2) is 10.2. The minimum absolute atomic E-state index is 0.0959. The predicted molar refractivity (Wildman–Crippen MR) is 80.9 cm³/mol. The maximum atomic E-state index is 11.6. The van der Waals surface area contributed by atoms with E-state index in [1.54, 1.807) is 0 Å². The molecule has 0 bridgehead atoms. The van der Waals surface area contributed by atoms with Gasteiger partial charge in [-0.3, -0.25) is 4.79 Å². The van der Waals surface area contributed by atoms with Crippen LogP contribution in [-0.2, 0) is 4.79 Å². The molecule has 0 aromatic carbocycles. The first-order valence-corrected chi connectivity index (χ1v) is 8.26. The Morgan fingerprint density at radius 2 is 1.68 bits per heavy atom. The largest absolute Gasteiger partial charge is 0.356 e. The average Bonchev–Trinajstić information content (AvgIpc) is 3.21. The van der Waals surface area contributed by atoms with Gasteiger partial charge in [0.05, 0.1) is 0 Å². The van der Waals surface area contributed by atoms with Gasteiger partial charge in [0.1, 0.15) is 0 Å². The molecule has 3 heteroatoms. The van der Waals surface area contributed by atoms with E-state index < -0.39 is 0 Å². The zero-order valence-electron chi connectivity index (χ0n) is 12.6. The first-order chi connectivity index (χ1) is 9.24.